The van der Waals surface area contributed by atoms with Crippen LogP contribution in [0.5, 0.6) is 0 Å². The van der Waals surface area contributed by atoms with E-state index >= 15 is 0 Å². The summed E-state index contributed by atoms with van der Waals surface area (Å²) >= 11 is 0. The van der Waals surface area contributed by atoms with Crippen LogP contribution in [0.25, 0.3) is 16.8 Å². The van der Waals surface area contributed by atoms with Crippen LogP contribution < -0.4 is 10.2 Å². The van der Waals surface area contributed by atoms with Gasteiger partial charge >= 0.3 is 0 Å². The molecular formula is C24H22F3N4OP. The second-order valence-electron chi connectivity index (χ2n) is 8.65. The van der Waals surface area contributed by atoms with Crippen molar-refractivity contribution >= 4 is 23.9 Å². The first-order chi connectivity index (χ1) is 15.7. The number of rotatable bonds is 4. The Hall–Kier alpha value is -3.12. The summed E-state index contributed by atoms with van der Waals surface area (Å²) in [6.45, 7) is 3.71. The molecule has 1 aliphatic heterocycles. The molecule has 1 fully saturated rings. The van der Waals surface area contributed by atoms with Gasteiger partial charge in [0.2, 0.25) is 0 Å². The minimum atomic E-state index is -2.74. The second kappa shape index (κ2) is 8.03. The van der Waals surface area contributed by atoms with Gasteiger partial charge < -0.3 is 9.46 Å². The van der Waals surface area contributed by atoms with E-state index in [1.807, 2.05) is 4.90 Å². The van der Waals surface area contributed by atoms with Crippen LogP contribution >= 0.6 is 7.14 Å². The number of anilines is 1. The van der Waals surface area contributed by atoms with Crippen LogP contribution in [-0.2, 0) is 4.57 Å². The van der Waals surface area contributed by atoms with Gasteiger partial charge in [-0.2, -0.15) is 5.10 Å². The number of aromatic nitrogens is 3. The highest BCUT2D eigenvalue weighted by molar-refractivity contribution is 7.70. The number of nitrogens with zero attached hydrogens (tertiary/aromatic N) is 4. The molecule has 1 unspecified atom stereocenters. The van der Waals surface area contributed by atoms with Crippen molar-refractivity contribution in [3.63, 3.8) is 0 Å². The topological polar surface area (TPSA) is 50.5 Å². The summed E-state index contributed by atoms with van der Waals surface area (Å²) in [6.07, 6.45) is 4.85. The molecule has 1 aliphatic rings. The first-order valence-corrected chi connectivity index (χ1v) is 13.2. The Labute approximate surface area is 189 Å². The summed E-state index contributed by atoms with van der Waals surface area (Å²) in [7, 11) is -2.74. The molecule has 0 N–H and O–H groups in total. The zero-order valence-electron chi connectivity index (χ0n) is 18.2. The first kappa shape index (κ1) is 21.7. The molecule has 1 saturated heterocycles. The largest absolute Gasteiger partial charge is 0.349 e. The van der Waals surface area contributed by atoms with Crippen molar-refractivity contribution < 1.29 is 17.7 Å². The molecule has 0 amide bonds. The molecule has 0 spiro atoms. The number of benzene rings is 2. The molecule has 3 heterocycles. The van der Waals surface area contributed by atoms with Crippen molar-refractivity contribution in [1.82, 2.24) is 14.6 Å². The van der Waals surface area contributed by atoms with E-state index in [9.17, 15) is 17.7 Å². The van der Waals surface area contributed by atoms with Gasteiger partial charge in [-0.25, -0.2) is 22.7 Å². The highest BCUT2D eigenvalue weighted by atomic mass is 31.2. The lowest BCUT2D eigenvalue weighted by Crippen LogP contribution is -2.24. The van der Waals surface area contributed by atoms with Crippen molar-refractivity contribution in [2.24, 2.45) is 0 Å². The standard InChI is InChI=1S/C24H22F3N4OP/c1-33(2,32)22-8-5-15(12-20(22)27)18-14-28-31-11-9-23(29-24(18)31)30-10-3-4-21(30)17-13-16(25)6-7-19(17)26/h5-9,11-14,21H,3-4,10H2,1-2H3. The molecule has 5 rings (SSSR count). The van der Waals surface area contributed by atoms with Crippen LogP contribution in [0.3, 0.4) is 0 Å². The lowest BCUT2D eigenvalue weighted by molar-refractivity contribution is 0.560. The smallest absolute Gasteiger partial charge is 0.165 e. The molecule has 0 aliphatic carbocycles. The number of halogens is 3. The molecule has 170 valence electrons. The Morgan fingerprint density at radius 1 is 1.03 bits per heavy atom. The monoisotopic (exact) mass is 470 g/mol. The first-order valence-electron chi connectivity index (χ1n) is 10.6. The summed E-state index contributed by atoms with van der Waals surface area (Å²) in [5.74, 6) is -0.843. The van der Waals surface area contributed by atoms with Gasteiger partial charge in [-0.1, -0.05) is 6.07 Å². The molecule has 5 nitrogen and oxygen atoms in total. The van der Waals surface area contributed by atoms with Crippen molar-refractivity contribution in [2.45, 2.75) is 18.9 Å². The summed E-state index contributed by atoms with van der Waals surface area (Å²) in [4.78, 5) is 6.72. The van der Waals surface area contributed by atoms with E-state index in [0.717, 1.165) is 18.6 Å². The average Bonchev–Trinajstić information content (AvgIpc) is 3.41. The SMILES string of the molecule is CP(C)(=O)c1ccc(-c2cnn3ccc(N4CCCC4c4cc(F)ccc4F)nc23)cc1F. The summed E-state index contributed by atoms with van der Waals surface area (Å²) < 4.78 is 56.9. The maximum Gasteiger partial charge on any atom is 0.165 e. The molecule has 0 radical (unpaired) electrons. The normalized spacial score (nSPS) is 16.6. The fourth-order valence-electron chi connectivity index (χ4n) is 4.47. The zero-order chi connectivity index (χ0) is 23.3. The quantitative estimate of drug-likeness (QED) is 0.375. The van der Waals surface area contributed by atoms with Crippen LogP contribution in [0.2, 0.25) is 0 Å². The minimum absolute atomic E-state index is 0.202. The highest BCUT2D eigenvalue weighted by Crippen LogP contribution is 2.38. The summed E-state index contributed by atoms with van der Waals surface area (Å²) in [5, 5.41) is 4.52. The number of fused-ring (bicyclic) bond motifs is 1. The highest BCUT2D eigenvalue weighted by Gasteiger charge is 2.30. The third kappa shape index (κ3) is 3.93. The van der Waals surface area contributed by atoms with Crippen molar-refractivity contribution in [2.75, 3.05) is 24.8 Å². The molecule has 0 bridgehead atoms. The van der Waals surface area contributed by atoms with Crippen LogP contribution in [-0.4, -0.2) is 34.5 Å². The van der Waals surface area contributed by atoms with Gasteiger partial charge in [-0.15, -0.1) is 0 Å². The van der Waals surface area contributed by atoms with Crippen LogP contribution in [0, 0.1) is 17.5 Å². The Morgan fingerprint density at radius 2 is 1.85 bits per heavy atom. The third-order valence-electron chi connectivity index (χ3n) is 6.06. The van der Waals surface area contributed by atoms with E-state index in [2.05, 4.69) is 5.10 Å². The van der Waals surface area contributed by atoms with Gasteiger partial charge in [0.25, 0.3) is 0 Å². The lowest BCUT2D eigenvalue weighted by Gasteiger charge is -2.26. The maximum atomic E-state index is 14.7. The minimum Gasteiger partial charge on any atom is -0.349 e. The molecule has 4 aromatic rings. The van der Waals surface area contributed by atoms with E-state index < -0.39 is 24.6 Å². The maximum absolute atomic E-state index is 14.7. The van der Waals surface area contributed by atoms with Crippen LogP contribution in [0.1, 0.15) is 24.4 Å². The zero-order valence-corrected chi connectivity index (χ0v) is 19.1. The van der Waals surface area contributed by atoms with E-state index in [4.69, 9.17) is 4.98 Å². The van der Waals surface area contributed by atoms with Crippen molar-refractivity contribution in [1.29, 1.82) is 0 Å². The van der Waals surface area contributed by atoms with Crippen molar-refractivity contribution in [3.05, 3.63) is 77.9 Å². The van der Waals surface area contributed by atoms with E-state index in [0.29, 0.717) is 41.1 Å². The van der Waals surface area contributed by atoms with E-state index in [1.165, 1.54) is 25.5 Å². The lowest BCUT2D eigenvalue weighted by atomic mass is 10.0. The van der Waals surface area contributed by atoms with Crippen molar-refractivity contribution in [3.8, 4) is 11.1 Å². The van der Waals surface area contributed by atoms with Gasteiger partial charge in [0.05, 0.1) is 12.2 Å². The van der Waals surface area contributed by atoms with Gasteiger partial charge in [0, 0.05) is 29.2 Å². The molecule has 1 atom stereocenters. The number of hydrogen-bond acceptors (Lipinski definition) is 4. The van der Waals surface area contributed by atoms with Crippen LogP contribution in [0.15, 0.2) is 54.9 Å². The van der Waals surface area contributed by atoms with Gasteiger partial charge in [-0.05, 0) is 68.1 Å². The summed E-state index contributed by atoms with van der Waals surface area (Å²) in [6, 6.07) is 9.56. The Morgan fingerprint density at radius 3 is 2.61 bits per heavy atom. The average molecular weight is 470 g/mol. The molecule has 2 aromatic carbocycles. The molecule has 33 heavy (non-hydrogen) atoms. The Kier molecular flexibility index (Phi) is 5.28. The molecule has 0 saturated carbocycles. The predicted octanol–water partition coefficient (Wildman–Crippen LogP) is 5.40. The van der Waals surface area contributed by atoms with Crippen LogP contribution in [0.4, 0.5) is 19.0 Å². The third-order valence-corrected chi connectivity index (χ3v) is 7.58. The fourth-order valence-corrected chi connectivity index (χ4v) is 5.48. The number of hydrogen-bond donors (Lipinski definition) is 0. The van der Waals surface area contributed by atoms with E-state index in [1.54, 1.807) is 35.1 Å². The molecule has 2 aromatic heterocycles. The van der Waals surface area contributed by atoms with E-state index in [-0.39, 0.29) is 11.3 Å². The van der Waals surface area contributed by atoms with Gasteiger partial charge in [-0.3, -0.25) is 0 Å². The Balaban J connectivity index is 1.56. The summed E-state index contributed by atoms with van der Waals surface area (Å²) in [5.41, 5.74) is 2.01. The van der Waals surface area contributed by atoms with Gasteiger partial charge in [0.15, 0.2) is 5.65 Å². The Bertz CT molecular complexity index is 1410. The predicted molar refractivity (Wildman–Crippen MR) is 123 cm³/mol. The van der Waals surface area contributed by atoms with Gasteiger partial charge in [0.1, 0.15) is 30.4 Å². The molecular weight excluding hydrogens is 448 g/mol. The fraction of sp³-hybridized carbons (Fsp3) is 0.250. The molecule has 9 heteroatoms. The second-order valence-corrected chi connectivity index (χ2v) is 11.8.